The van der Waals surface area contributed by atoms with E-state index in [0.717, 1.165) is 35.8 Å². The number of benzene rings is 1. The summed E-state index contributed by atoms with van der Waals surface area (Å²) in [5, 5.41) is 10.0. The molecule has 3 heteroatoms. The van der Waals surface area contributed by atoms with Crippen LogP contribution in [0.2, 0.25) is 0 Å². The third-order valence-corrected chi connectivity index (χ3v) is 3.33. The van der Waals surface area contributed by atoms with Crippen molar-refractivity contribution in [2.24, 2.45) is 5.92 Å². The first-order valence-electron chi connectivity index (χ1n) is 5.90. The van der Waals surface area contributed by atoms with Crippen LogP contribution >= 0.6 is 0 Å². The zero-order valence-electron chi connectivity index (χ0n) is 9.19. The topological polar surface area (TPSA) is 38.7 Å². The Hall–Kier alpha value is -1.22. The van der Waals surface area contributed by atoms with Crippen LogP contribution in [-0.4, -0.2) is 11.9 Å². The number of fused-ring (bicyclic) bond motifs is 1. The molecule has 1 unspecified atom stereocenters. The Morgan fingerprint density at radius 1 is 1.25 bits per heavy atom. The van der Waals surface area contributed by atoms with E-state index in [-0.39, 0.29) is 12.9 Å². The summed E-state index contributed by atoms with van der Waals surface area (Å²) in [4.78, 5) is 0. The lowest BCUT2D eigenvalue weighted by atomic mass is 10.0. The number of rotatable bonds is 4. The van der Waals surface area contributed by atoms with Gasteiger partial charge in [-0.05, 0) is 36.5 Å². The van der Waals surface area contributed by atoms with Crippen LogP contribution in [0.4, 0.5) is 0 Å². The molecule has 1 aliphatic heterocycles. The Balaban J connectivity index is 1.67. The van der Waals surface area contributed by atoms with Gasteiger partial charge < -0.3 is 14.6 Å². The lowest BCUT2D eigenvalue weighted by Crippen LogP contribution is -1.98. The fraction of sp³-hybridized carbons (Fsp3) is 0.538. The van der Waals surface area contributed by atoms with Crippen LogP contribution in [0.1, 0.15) is 37.4 Å². The van der Waals surface area contributed by atoms with Gasteiger partial charge >= 0.3 is 0 Å². The van der Waals surface area contributed by atoms with Gasteiger partial charge in [0.25, 0.3) is 0 Å². The molecule has 3 nitrogen and oxygen atoms in total. The second-order valence-corrected chi connectivity index (χ2v) is 4.65. The summed E-state index contributed by atoms with van der Waals surface area (Å²) >= 11 is 0. The van der Waals surface area contributed by atoms with Crippen molar-refractivity contribution in [3.8, 4) is 11.5 Å². The first kappa shape index (κ1) is 9.97. The predicted molar refractivity (Wildman–Crippen MR) is 59.5 cm³/mol. The van der Waals surface area contributed by atoms with Gasteiger partial charge in [-0.25, -0.2) is 0 Å². The molecule has 1 N–H and O–H groups in total. The zero-order chi connectivity index (χ0) is 11.0. The van der Waals surface area contributed by atoms with E-state index in [0.29, 0.717) is 0 Å². The summed E-state index contributed by atoms with van der Waals surface area (Å²) < 4.78 is 10.5. The van der Waals surface area contributed by atoms with Gasteiger partial charge in [-0.2, -0.15) is 0 Å². The van der Waals surface area contributed by atoms with E-state index in [1.165, 1.54) is 12.8 Å². The minimum atomic E-state index is -0.366. The highest BCUT2D eigenvalue weighted by Gasteiger charge is 2.23. The average Bonchev–Trinajstić information content (AvgIpc) is 3.01. The van der Waals surface area contributed by atoms with E-state index >= 15 is 0 Å². The van der Waals surface area contributed by atoms with Crippen LogP contribution in [-0.2, 0) is 0 Å². The second-order valence-electron chi connectivity index (χ2n) is 4.65. The monoisotopic (exact) mass is 220 g/mol. The quantitative estimate of drug-likeness (QED) is 0.847. The highest BCUT2D eigenvalue weighted by molar-refractivity contribution is 5.45. The molecular weight excluding hydrogens is 204 g/mol. The van der Waals surface area contributed by atoms with Crippen LogP contribution in [0, 0.1) is 5.92 Å². The summed E-state index contributed by atoms with van der Waals surface area (Å²) in [5.41, 5.74) is 0.935. The van der Waals surface area contributed by atoms with Gasteiger partial charge in [0, 0.05) is 0 Å². The molecule has 1 aromatic rings. The summed E-state index contributed by atoms with van der Waals surface area (Å²) in [6.07, 6.45) is 4.30. The summed E-state index contributed by atoms with van der Waals surface area (Å²) in [5.74, 6) is 2.39. The van der Waals surface area contributed by atoms with Gasteiger partial charge in [-0.3, -0.25) is 0 Å². The smallest absolute Gasteiger partial charge is 0.231 e. The van der Waals surface area contributed by atoms with Crippen molar-refractivity contribution in [3.63, 3.8) is 0 Å². The Morgan fingerprint density at radius 2 is 2.06 bits per heavy atom. The Bertz CT molecular complexity index is 385. The normalized spacial score (nSPS) is 19.8. The molecule has 0 radical (unpaired) electrons. The van der Waals surface area contributed by atoms with Gasteiger partial charge in [0.1, 0.15) is 0 Å². The van der Waals surface area contributed by atoms with Crippen molar-refractivity contribution >= 4 is 0 Å². The van der Waals surface area contributed by atoms with E-state index in [1.54, 1.807) is 0 Å². The Labute approximate surface area is 95.0 Å². The van der Waals surface area contributed by atoms with Crippen molar-refractivity contribution in [1.29, 1.82) is 0 Å². The fourth-order valence-corrected chi connectivity index (χ4v) is 2.09. The third kappa shape index (κ3) is 2.00. The van der Waals surface area contributed by atoms with Crippen molar-refractivity contribution < 1.29 is 14.6 Å². The highest BCUT2D eigenvalue weighted by Crippen LogP contribution is 2.38. The van der Waals surface area contributed by atoms with E-state index in [9.17, 15) is 5.11 Å². The van der Waals surface area contributed by atoms with Gasteiger partial charge in [-0.15, -0.1) is 0 Å². The molecule has 2 aliphatic rings. The molecule has 3 rings (SSSR count). The van der Waals surface area contributed by atoms with Crippen LogP contribution in [0.15, 0.2) is 18.2 Å². The molecule has 0 amide bonds. The molecule has 1 aliphatic carbocycles. The van der Waals surface area contributed by atoms with Crippen molar-refractivity contribution in [2.45, 2.75) is 31.8 Å². The third-order valence-electron chi connectivity index (χ3n) is 3.33. The van der Waals surface area contributed by atoms with Gasteiger partial charge in [0.15, 0.2) is 11.5 Å². The molecule has 86 valence electrons. The van der Waals surface area contributed by atoms with Crippen molar-refractivity contribution in [3.05, 3.63) is 23.8 Å². The lowest BCUT2D eigenvalue weighted by molar-refractivity contribution is 0.161. The number of hydrogen-bond donors (Lipinski definition) is 1. The molecule has 0 aromatic heterocycles. The van der Waals surface area contributed by atoms with E-state index in [1.807, 2.05) is 18.2 Å². The molecule has 0 bridgehead atoms. The molecule has 16 heavy (non-hydrogen) atoms. The van der Waals surface area contributed by atoms with Crippen molar-refractivity contribution in [1.82, 2.24) is 0 Å². The number of ether oxygens (including phenoxy) is 2. The van der Waals surface area contributed by atoms with Gasteiger partial charge in [-0.1, -0.05) is 18.9 Å². The summed E-state index contributed by atoms with van der Waals surface area (Å²) in [7, 11) is 0. The molecule has 1 fully saturated rings. The average molecular weight is 220 g/mol. The molecule has 0 spiro atoms. The largest absolute Gasteiger partial charge is 0.454 e. The fourth-order valence-electron chi connectivity index (χ4n) is 2.09. The number of aliphatic hydroxyl groups excluding tert-OH is 1. The molecule has 1 heterocycles. The SMILES string of the molecule is OC(CCC1CC1)c1ccc2c(c1)OCO2. The lowest BCUT2D eigenvalue weighted by Gasteiger charge is -2.11. The van der Waals surface area contributed by atoms with Crippen LogP contribution in [0.3, 0.4) is 0 Å². The van der Waals surface area contributed by atoms with E-state index < -0.39 is 0 Å². The van der Waals surface area contributed by atoms with Crippen LogP contribution < -0.4 is 9.47 Å². The van der Waals surface area contributed by atoms with Crippen molar-refractivity contribution in [2.75, 3.05) is 6.79 Å². The Kier molecular flexibility index (Phi) is 2.48. The van der Waals surface area contributed by atoms with Crippen LogP contribution in [0.25, 0.3) is 0 Å². The molecule has 1 aromatic carbocycles. The Morgan fingerprint density at radius 3 is 2.88 bits per heavy atom. The minimum absolute atomic E-state index is 0.289. The van der Waals surface area contributed by atoms with Gasteiger partial charge in [0.2, 0.25) is 6.79 Å². The maximum atomic E-state index is 10.0. The molecule has 1 saturated carbocycles. The number of aliphatic hydroxyl groups is 1. The van der Waals surface area contributed by atoms with Gasteiger partial charge in [0.05, 0.1) is 6.10 Å². The standard InChI is InChI=1S/C13H16O3/c14-11(5-3-9-1-2-9)10-4-6-12-13(7-10)16-8-15-12/h4,6-7,9,11,14H,1-3,5,8H2. The first-order valence-corrected chi connectivity index (χ1v) is 5.90. The molecule has 1 atom stereocenters. The molecule has 0 saturated heterocycles. The summed E-state index contributed by atoms with van der Waals surface area (Å²) in [6.45, 7) is 0.289. The number of hydrogen-bond acceptors (Lipinski definition) is 3. The second kappa shape index (κ2) is 3.98. The maximum Gasteiger partial charge on any atom is 0.231 e. The van der Waals surface area contributed by atoms with Crippen LogP contribution in [0.5, 0.6) is 11.5 Å². The zero-order valence-corrected chi connectivity index (χ0v) is 9.19. The summed E-state index contributed by atoms with van der Waals surface area (Å²) in [6, 6.07) is 5.68. The molecular formula is C13H16O3. The highest BCUT2D eigenvalue weighted by atomic mass is 16.7. The first-order chi connectivity index (χ1) is 7.83. The minimum Gasteiger partial charge on any atom is -0.454 e. The van der Waals surface area contributed by atoms with E-state index in [4.69, 9.17) is 9.47 Å². The maximum absolute atomic E-state index is 10.0. The predicted octanol–water partition coefficient (Wildman–Crippen LogP) is 2.64. The van der Waals surface area contributed by atoms with E-state index in [2.05, 4.69) is 0 Å².